The molecule has 0 radical (unpaired) electrons. The summed E-state index contributed by atoms with van der Waals surface area (Å²) in [4.78, 5) is 0. The second-order valence-electron chi connectivity index (χ2n) is 4.37. The average molecular weight is 285 g/mol. The Morgan fingerprint density at radius 1 is 1.20 bits per heavy atom. The zero-order valence-corrected chi connectivity index (χ0v) is 12.3. The lowest BCUT2D eigenvalue weighted by Crippen LogP contribution is -2.24. The van der Waals surface area contributed by atoms with Crippen LogP contribution in [0.2, 0.25) is 19.6 Å². The van der Waals surface area contributed by atoms with Crippen molar-refractivity contribution in [3.63, 3.8) is 0 Å². The summed E-state index contributed by atoms with van der Waals surface area (Å²) >= 11 is 3.43. The standard InChI is InChI=1S/C12H17BrOSi/c1-5-12(14-15(2,3)4)10-6-8-11(13)9-7-10/h5-9H,1-4H3/b12-5+. The Labute approximate surface area is 101 Å². The van der Waals surface area contributed by atoms with Gasteiger partial charge in [-0.05, 0) is 44.8 Å². The number of hydrogen-bond donors (Lipinski definition) is 0. The molecule has 0 aliphatic carbocycles. The van der Waals surface area contributed by atoms with Gasteiger partial charge in [0.05, 0.1) is 0 Å². The van der Waals surface area contributed by atoms with E-state index in [-0.39, 0.29) is 0 Å². The van der Waals surface area contributed by atoms with Crippen molar-refractivity contribution in [2.24, 2.45) is 0 Å². The van der Waals surface area contributed by atoms with E-state index in [1.165, 1.54) is 0 Å². The first-order valence-corrected chi connectivity index (χ1v) is 9.24. The highest BCUT2D eigenvalue weighted by Crippen LogP contribution is 2.22. The van der Waals surface area contributed by atoms with Gasteiger partial charge in [0.25, 0.3) is 0 Å². The second-order valence-corrected chi connectivity index (χ2v) is 9.72. The van der Waals surface area contributed by atoms with Crippen LogP contribution >= 0.6 is 15.9 Å². The van der Waals surface area contributed by atoms with Crippen molar-refractivity contribution in [2.45, 2.75) is 26.6 Å². The predicted molar refractivity (Wildman–Crippen MR) is 72.2 cm³/mol. The lowest BCUT2D eigenvalue weighted by molar-refractivity contribution is 0.513. The molecule has 0 heterocycles. The molecule has 0 amide bonds. The molecule has 15 heavy (non-hydrogen) atoms. The number of benzene rings is 1. The molecule has 0 N–H and O–H groups in total. The van der Waals surface area contributed by atoms with Gasteiger partial charge in [-0.25, -0.2) is 0 Å². The molecule has 1 rings (SSSR count). The minimum atomic E-state index is -1.52. The summed E-state index contributed by atoms with van der Waals surface area (Å²) in [5.41, 5.74) is 1.14. The molecule has 1 nitrogen and oxygen atoms in total. The minimum Gasteiger partial charge on any atom is -0.544 e. The van der Waals surface area contributed by atoms with Crippen LogP contribution < -0.4 is 0 Å². The summed E-state index contributed by atoms with van der Waals surface area (Å²) in [6.07, 6.45) is 2.03. The van der Waals surface area contributed by atoms with Crippen LogP contribution in [-0.4, -0.2) is 8.32 Å². The topological polar surface area (TPSA) is 9.23 Å². The van der Waals surface area contributed by atoms with Crippen LogP contribution in [0.4, 0.5) is 0 Å². The number of halogens is 1. The molecule has 0 bridgehead atoms. The van der Waals surface area contributed by atoms with E-state index in [2.05, 4.69) is 47.7 Å². The molecule has 0 atom stereocenters. The van der Waals surface area contributed by atoms with Crippen LogP contribution in [0.3, 0.4) is 0 Å². The molecule has 0 spiro atoms. The van der Waals surface area contributed by atoms with Crippen molar-refractivity contribution in [1.82, 2.24) is 0 Å². The van der Waals surface area contributed by atoms with Gasteiger partial charge in [0.2, 0.25) is 8.32 Å². The van der Waals surface area contributed by atoms with Crippen molar-refractivity contribution < 1.29 is 4.43 Å². The maximum Gasteiger partial charge on any atom is 0.242 e. The van der Waals surface area contributed by atoms with E-state index < -0.39 is 8.32 Å². The molecule has 82 valence electrons. The first-order chi connectivity index (χ1) is 6.92. The molecule has 0 unspecified atom stereocenters. The molecular weight excluding hydrogens is 268 g/mol. The summed E-state index contributed by atoms with van der Waals surface area (Å²) in [5.74, 6) is 0.988. The van der Waals surface area contributed by atoms with E-state index in [0.717, 1.165) is 15.8 Å². The molecule has 0 aliphatic rings. The Kier molecular flexibility index (Phi) is 4.17. The van der Waals surface area contributed by atoms with Gasteiger partial charge in [-0.3, -0.25) is 0 Å². The van der Waals surface area contributed by atoms with Crippen LogP contribution in [0.25, 0.3) is 5.76 Å². The lowest BCUT2D eigenvalue weighted by atomic mass is 10.2. The SMILES string of the molecule is C/C=C(/O[Si](C)(C)C)c1ccc(Br)cc1. The maximum absolute atomic E-state index is 6.00. The molecule has 0 saturated heterocycles. The molecule has 0 aliphatic heterocycles. The quantitative estimate of drug-likeness (QED) is 0.579. The van der Waals surface area contributed by atoms with Crippen molar-refractivity contribution in [2.75, 3.05) is 0 Å². The smallest absolute Gasteiger partial charge is 0.242 e. The molecule has 1 aromatic rings. The summed E-state index contributed by atoms with van der Waals surface area (Å²) in [6, 6.07) is 8.21. The van der Waals surface area contributed by atoms with Crippen LogP contribution in [0, 0.1) is 0 Å². The third-order valence-corrected chi connectivity index (χ3v) is 3.17. The van der Waals surface area contributed by atoms with Gasteiger partial charge >= 0.3 is 0 Å². The van der Waals surface area contributed by atoms with Crippen LogP contribution in [0.1, 0.15) is 12.5 Å². The van der Waals surface area contributed by atoms with Crippen LogP contribution in [-0.2, 0) is 4.43 Å². The minimum absolute atomic E-state index is 0.988. The molecular formula is C12H17BrOSi. The summed E-state index contributed by atoms with van der Waals surface area (Å²) in [6.45, 7) is 8.58. The van der Waals surface area contributed by atoms with E-state index in [1.807, 2.05) is 25.1 Å². The fraction of sp³-hybridized carbons (Fsp3) is 0.333. The monoisotopic (exact) mass is 284 g/mol. The zero-order chi connectivity index (χ0) is 11.5. The predicted octanol–water partition coefficient (Wildman–Crippen LogP) is 4.66. The van der Waals surface area contributed by atoms with E-state index >= 15 is 0 Å². The van der Waals surface area contributed by atoms with E-state index in [0.29, 0.717) is 0 Å². The molecule has 3 heteroatoms. The maximum atomic E-state index is 6.00. The average Bonchev–Trinajstić information content (AvgIpc) is 2.14. The highest BCUT2D eigenvalue weighted by Gasteiger charge is 2.17. The third-order valence-electron chi connectivity index (χ3n) is 1.81. The Bertz CT molecular complexity index is 349. The zero-order valence-electron chi connectivity index (χ0n) is 9.67. The Hall–Kier alpha value is -0.543. The first-order valence-electron chi connectivity index (χ1n) is 5.03. The van der Waals surface area contributed by atoms with Crippen molar-refractivity contribution in [1.29, 1.82) is 0 Å². The fourth-order valence-electron chi connectivity index (χ4n) is 1.23. The van der Waals surface area contributed by atoms with E-state index in [1.54, 1.807) is 0 Å². The Balaban J connectivity index is 2.90. The van der Waals surface area contributed by atoms with Gasteiger partial charge < -0.3 is 4.43 Å². The second kappa shape index (κ2) is 4.99. The largest absolute Gasteiger partial charge is 0.544 e. The summed E-state index contributed by atoms with van der Waals surface area (Å²) in [5, 5.41) is 0. The van der Waals surface area contributed by atoms with Gasteiger partial charge in [-0.15, -0.1) is 0 Å². The third kappa shape index (κ3) is 4.22. The highest BCUT2D eigenvalue weighted by molar-refractivity contribution is 9.10. The molecule has 1 aromatic carbocycles. The highest BCUT2D eigenvalue weighted by atomic mass is 79.9. The Morgan fingerprint density at radius 3 is 2.13 bits per heavy atom. The van der Waals surface area contributed by atoms with Crippen molar-refractivity contribution >= 4 is 30.0 Å². The lowest BCUT2D eigenvalue weighted by Gasteiger charge is -2.21. The van der Waals surface area contributed by atoms with Crippen LogP contribution in [0.5, 0.6) is 0 Å². The number of rotatable bonds is 3. The molecule has 0 fully saturated rings. The normalized spacial score (nSPS) is 12.7. The molecule has 0 saturated carbocycles. The summed E-state index contributed by atoms with van der Waals surface area (Å²) < 4.78 is 7.09. The van der Waals surface area contributed by atoms with E-state index in [4.69, 9.17) is 4.43 Å². The van der Waals surface area contributed by atoms with Crippen LogP contribution in [0.15, 0.2) is 34.8 Å². The number of allylic oxidation sites excluding steroid dienone is 1. The van der Waals surface area contributed by atoms with Gasteiger partial charge in [0.15, 0.2) is 0 Å². The first kappa shape index (κ1) is 12.5. The fourth-order valence-corrected chi connectivity index (χ4v) is 2.39. The van der Waals surface area contributed by atoms with Gasteiger partial charge in [0, 0.05) is 10.0 Å². The number of hydrogen-bond acceptors (Lipinski definition) is 1. The van der Waals surface area contributed by atoms with Gasteiger partial charge in [-0.2, -0.15) is 0 Å². The van der Waals surface area contributed by atoms with Crippen molar-refractivity contribution in [3.05, 3.63) is 40.4 Å². The van der Waals surface area contributed by atoms with Crippen molar-refractivity contribution in [3.8, 4) is 0 Å². The Morgan fingerprint density at radius 2 is 1.73 bits per heavy atom. The summed E-state index contributed by atoms with van der Waals surface area (Å²) in [7, 11) is -1.52. The van der Waals surface area contributed by atoms with E-state index in [9.17, 15) is 0 Å². The van der Waals surface area contributed by atoms with Gasteiger partial charge in [-0.1, -0.05) is 28.1 Å². The molecule has 0 aromatic heterocycles. The van der Waals surface area contributed by atoms with Gasteiger partial charge in [0.1, 0.15) is 5.76 Å².